The van der Waals surface area contributed by atoms with Crippen LogP contribution in [0.2, 0.25) is 0 Å². The summed E-state index contributed by atoms with van der Waals surface area (Å²) in [7, 11) is 0. The smallest absolute Gasteiger partial charge is 0.102 e. The molecule has 0 aliphatic carbocycles. The van der Waals surface area contributed by atoms with E-state index in [1.165, 1.54) is 11.1 Å². The van der Waals surface area contributed by atoms with Crippen molar-refractivity contribution >= 4 is 11.4 Å². The molecule has 0 amide bonds. The molecule has 0 aliphatic rings. The average molecular weight is 253 g/mol. The first-order chi connectivity index (χ1) is 9.09. The Labute approximate surface area is 114 Å². The zero-order valence-corrected chi connectivity index (χ0v) is 11.9. The first-order valence-corrected chi connectivity index (χ1v) is 6.50. The molecule has 3 nitrogen and oxygen atoms in total. The van der Waals surface area contributed by atoms with Gasteiger partial charge < -0.3 is 0 Å². The van der Waals surface area contributed by atoms with Gasteiger partial charge in [0.2, 0.25) is 0 Å². The molecule has 0 bridgehead atoms. The van der Waals surface area contributed by atoms with Crippen molar-refractivity contribution in [1.82, 2.24) is 9.97 Å². The van der Waals surface area contributed by atoms with E-state index in [4.69, 9.17) is 4.99 Å². The number of aromatic nitrogens is 2. The lowest BCUT2D eigenvalue weighted by Gasteiger charge is -2.12. The fourth-order valence-electron chi connectivity index (χ4n) is 2.01. The molecule has 0 atom stereocenters. The van der Waals surface area contributed by atoms with E-state index in [2.05, 4.69) is 48.9 Å². The largest absolute Gasteiger partial charge is 0.261 e. The third-order valence-electron chi connectivity index (χ3n) is 3.10. The molecule has 0 unspecified atom stereocenters. The molecule has 1 aromatic carbocycles. The maximum atomic E-state index is 4.76. The van der Waals surface area contributed by atoms with Gasteiger partial charge in [-0.2, -0.15) is 0 Å². The van der Waals surface area contributed by atoms with E-state index < -0.39 is 0 Å². The number of hydrogen-bond donors (Lipinski definition) is 0. The lowest BCUT2D eigenvalue weighted by Crippen LogP contribution is -1.99. The number of aryl methyl sites for hydroxylation is 1. The van der Waals surface area contributed by atoms with Gasteiger partial charge in [0.25, 0.3) is 0 Å². The summed E-state index contributed by atoms with van der Waals surface area (Å²) in [5, 5.41) is 0. The lowest BCUT2D eigenvalue weighted by atomic mass is 9.98. The molecule has 19 heavy (non-hydrogen) atoms. The zero-order valence-electron chi connectivity index (χ0n) is 11.9. The van der Waals surface area contributed by atoms with Crippen LogP contribution < -0.4 is 0 Å². The highest BCUT2D eigenvalue weighted by Crippen LogP contribution is 2.30. The molecule has 1 aromatic heterocycles. The molecule has 0 spiro atoms. The van der Waals surface area contributed by atoms with Crippen molar-refractivity contribution in [2.45, 2.75) is 33.6 Å². The van der Waals surface area contributed by atoms with Crippen molar-refractivity contribution in [3.8, 4) is 0 Å². The molecule has 0 saturated carbocycles. The molecule has 0 saturated heterocycles. The minimum Gasteiger partial charge on any atom is -0.261 e. The first-order valence-electron chi connectivity index (χ1n) is 6.50. The summed E-state index contributed by atoms with van der Waals surface area (Å²) in [5.41, 5.74) is 5.23. The predicted octanol–water partition coefficient (Wildman–Crippen LogP) is 4.05. The van der Waals surface area contributed by atoms with Crippen molar-refractivity contribution in [2.75, 3.05) is 0 Å². The first kappa shape index (κ1) is 13.4. The van der Waals surface area contributed by atoms with Crippen LogP contribution in [0.1, 0.15) is 43.5 Å². The summed E-state index contributed by atoms with van der Waals surface area (Å²) >= 11 is 0. The van der Waals surface area contributed by atoms with Gasteiger partial charge in [-0.25, -0.2) is 0 Å². The summed E-state index contributed by atoms with van der Waals surface area (Å²) in [6.07, 6.45) is 5.10. The normalized spacial score (nSPS) is 11.9. The molecule has 2 aromatic rings. The van der Waals surface area contributed by atoms with Crippen molar-refractivity contribution in [3.63, 3.8) is 0 Å². The van der Waals surface area contributed by atoms with E-state index in [0.717, 1.165) is 17.1 Å². The number of benzene rings is 1. The summed E-state index contributed by atoms with van der Waals surface area (Å²) in [6.45, 7) is 8.44. The maximum Gasteiger partial charge on any atom is 0.102 e. The van der Waals surface area contributed by atoms with E-state index in [1.54, 1.807) is 18.6 Å². The SMILES string of the molecule is CC(=Nc1c(C)cccc1C(C)C)c1cnccn1. The quantitative estimate of drug-likeness (QED) is 0.774. The van der Waals surface area contributed by atoms with Crippen molar-refractivity contribution < 1.29 is 0 Å². The van der Waals surface area contributed by atoms with Gasteiger partial charge in [-0.3, -0.25) is 15.0 Å². The highest BCUT2D eigenvalue weighted by Gasteiger charge is 2.09. The number of hydrogen-bond acceptors (Lipinski definition) is 3. The van der Waals surface area contributed by atoms with Crippen LogP contribution in [-0.4, -0.2) is 15.7 Å². The van der Waals surface area contributed by atoms with Gasteiger partial charge in [0.15, 0.2) is 0 Å². The van der Waals surface area contributed by atoms with Crippen LogP contribution in [0, 0.1) is 6.92 Å². The molecular weight excluding hydrogens is 234 g/mol. The molecule has 0 radical (unpaired) electrons. The maximum absolute atomic E-state index is 4.76. The predicted molar refractivity (Wildman–Crippen MR) is 79.2 cm³/mol. The van der Waals surface area contributed by atoms with E-state index in [9.17, 15) is 0 Å². The fourth-order valence-corrected chi connectivity index (χ4v) is 2.01. The van der Waals surface area contributed by atoms with Gasteiger partial charge in [0, 0.05) is 12.4 Å². The molecule has 3 heteroatoms. The summed E-state index contributed by atoms with van der Waals surface area (Å²) in [6, 6.07) is 6.32. The number of nitrogens with zero attached hydrogens (tertiary/aromatic N) is 3. The minimum atomic E-state index is 0.452. The van der Waals surface area contributed by atoms with Crippen molar-refractivity contribution in [3.05, 3.63) is 53.6 Å². The van der Waals surface area contributed by atoms with Crippen LogP contribution in [0.15, 0.2) is 41.8 Å². The Balaban J connectivity index is 2.48. The Kier molecular flexibility index (Phi) is 4.05. The van der Waals surface area contributed by atoms with Crippen LogP contribution in [0.5, 0.6) is 0 Å². The molecule has 1 heterocycles. The fraction of sp³-hybridized carbons (Fsp3) is 0.312. The van der Waals surface area contributed by atoms with E-state index >= 15 is 0 Å². The topological polar surface area (TPSA) is 38.1 Å². The second-order valence-electron chi connectivity index (χ2n) is 4.96. The second kappa shape index (κ2) is 5.74. The number of para-hydroxylation sites is 1. The number of aliphatic imine (C=N–C) groups is 1. The van der Waals surface area contributed by atoms with Gasteiger partial charge in [0.05, 0.1) is 17.6 Å². The Hall–Kier alpha value is -2.03. The van der Waals surface area contributed by atoms with Crippen LogP contribution >= 0.6 is 0 Å². The van der Waals surface area contributed by atoms with Crippen molar-refractivity contribution in [2.24, 2.45) is 4.99 Å². The van der Waals surface area contributed by atoms with Crippen LogP contribution in [0.25, 0.3) is 0 Å². The summed E-state index contributed by atoms with van der Waals surface area (Å²) < 4.78 is 0. The number of rotatable bonds is 3. The minimum absolute atomic E-state index is 0.452. The second-order valence-corrected chi connectivity index (χ2v) is 4.96. The van der Waals surface area contributed by atoms with Crippen molar-refractivity contribution in [1.29, 1.82) is 0 Å². The molecule has 0 fully saturated rings. The van der Waals surface area contributed by atoms with Gasteiger partial charge in [-0.05, 0) is 30.9 Å². The summed E-state index contributed by atoms with van der Waals surface area (Å²) in [4.78, 5) is 13.1. The molecular formula is C16H19N3. The molecule has 0 aliphatic heterocycles. The average Bonchev–Trinajstić information content (AvgIpc) is 2.41. The van der Waals surface area contributed by atoms with Crippen LogP contribution in [0.4, 0.5) is 5.69 Å². The van der Waals surface area contributed by atoms with Crippen LogP contribution in [-0.2, 0) is 0 Å². The van der Waals surface area contributed by atoms with Gasteiger partial charge in [-0.15, -0.1) is 0 Å². The van der Waals surface area contributed by atoms with Gasteiger partial charge >= 0.3 is 0 Å². The third kappa shape index (κ3) is 3.05. The monoisotopic (exact) mass is 253 g/mol. The van der Waals surface area contributed by atoms with E-state index in [-0.39, 0.29) is 0 Å². The van der Waals surface area contributed by atoms with E-state index in [1.807, 2.05) is 6.92 Å². The lowest BCUT2D eigenvalue weighted by molar-refractivity contribution is 0.865. The third-order valence-corrected chi connectivity index (χ3v) is 3.10. The highest BCUT2D eigenvalue weighted by molar-refractivity contribution is 5.98. The Morgan fingerprint density at radius 2 is 2.00 bits per heavy atom. The molecule has 98 valence electrons. The summed E-state index contributed by atoms with van der Waals surface area (Å²) in [5.74, 6) is 0.452. The molecule has 0 N–H and O–H groups in total. The Morgan fingerprint density at radius 3 is 2.63 bits per heavy atom. The van der Waals surface area contributed by atoms with Crippen LogP contribution in [0.3, 0.4) is 0 Å². The Bertz CT molecular complexity index is 586. The highest BCUT2D eigenvalue weighted by atomic mass is 14.8. The standard InChI is InChI=1S/C16H19N3/c1-11(2)14-7-5-6-12(3)16(14)19-13(4)15-10-17-8-9-18-15/h5-11H,1-4H3. The van der Waals surface area contributed by atoms with Gasteiger partial charge in [-0.1, -0.05) is 32.0 Å². The van der Waals surface area contributed by atoms with Gasteiger partial charge in [0.1, 0.15) is 5.69 Å². The molecule has 2 rings (SSSR count). The van der Waals surface area contributed by atoms with E-state index in [0.29, 0.717) is 5.92 Å². The Morgan fingerprint density at radius 1 is 1.21 bits per heavy atom. The zero-order chi connectivity index (χ0) is 13.8.